The van der Waals surface area contributed by atoms with E-state index >= 15 is 0 Å². The molecule has 0 amide bonds. The van der Waals surface area contributed by atoms with Crippen LogP contribution in [-0.4, -0.2) is 58.8 Å². The number of rotatable bonds is 31. The van der Waals surface area contributed by atoms with Crippen LogP contribution < -0.4 is 5.11 Å². The van der Waals surface area contributed by atoms with Crippen LogP contribution in [0.4, 0.5) is 0 Å². The van der Waals surface area contributed by atoms with Gasteiger partial charge in [-0.15, -0.1) is 0 Å². The summed E-state index contributed by atoms with van der Waals surface area (Å²) in [6.45, 7) is 8.99. The van der Waals surface area contributed by atoms with Gasteiger partial charge in [0.2, 0.25) is 0 Å². The minimum Gasteiger partial charge on any atom is -0.550 e. The van der Waals surface area contributed by atoms with Gasteiger partial charge < -0.3 is 24.6 Å². The molecule has 0 aliphatic carbocycles. The summed E-state index contributed by atoms with van der Waals surface area (Å²) in [5, 5.41) is 31.5. The maximum Gasteiger partial charge on any atom is 0.312 e. The molecule has 2 N–H and O–H groups in total. The maximum absolute atomic E-state index is 12.0. The first-order chi connectivity index (χ1) is 20.7. The van der Waals surface area contributed by atoms with E-state index in [1.807, 2.05) is 13.8 Å². The van der Waals surface area contributed by atoms with Gasteiger partial charge in [-0.1, -0.05) is 110 Å². The first kappa shape index (κ1) is 41.1. The molecule has 0 aliphatic rings. The fourth-order valence-electron chi connectivity index (χ4n) is 6.26. The predicted molar refractivity (Wildman–Crippen MR) is 175 cm³/mol. The number of aliphatic carboxylic acids is 3. The Kier molecular flexibility index (Phi) is 25.3. The maximum atomic E-state index is 12.0. The highest BCUT2D eigenvalue weighted by molar-refractivity contribution is 5.70. The molecular formula is C36H67NO6. The van der Waals surface area contributed by atoms with E-state index in [1.54, 1.807) is 6.92 Å². The molecule has 0 radical (unpaired) electrons. The van der Waals surface area contributed by atoms with E-state index in [4.69, 9.17) is 0 Å². The van der Waals surface area contributed by atoms with Crippen molar-refractivity contribution in [2.75, 3.05) is 26.2 Å². The number of carbonyl (C=O) groups is 3. The highest BCUT2D eigenvalue weighted by atomic mass is 16.4. The summed E-state index contributed by atoms with van der Waals surface area (Å²) in [7, 11) is 0. The van der Waals surface area contributed by atoms with Crippen molar-refractivity contribution in [3.05, 3.63) is 12.2 Å². The van der Waals surface area contributed by atoms with E-state index in [1.165, 1.54) is 77.0 Å². The van der Waals surface area contributed by atoms with Gasteiger partial charge in [0, 0.05) is 5.92 Å². The lowest BCUT2D eigenvalue weighted by Gasteiger charge is -2.44. The molecule has 252 valence electrons. The van der Waals surface area contributed by atoms with Crippen LogP contribution in [0.3, 0.4) is 0 Å². The molecule has 7 heteroatoms. The fourth-order valence-corrected chi connectivity index (χ4v) is 6.26. The Morgan fingerprint density at radius 3 is 1.26 bits per heavy atom. The van der Waals surface area contributed by atoms with Gasteiger partial charge in [0.25, 0.3) is 0 Å². The third-order valence-corrected chi connectivity index (χ3v) is 9.23. The standard InChI is InChI=1S/C36H67NO6/c1-5-9-10-11-12-13-14-15-16-17-18-19-20-21-22-23-24-25-26-27-37(28-31(6-2)34(38)39,29-32(7-3)35(40)41)30-33(8-4)36(42)43/h21-22,31-33H,5-20,23-30H2,1-4H3,(H2-,38,39,40,41,42,43)/b22-21+. The van der Waals surface area contributed by atoms with E-state index in [9.17, 15) is 29.7 Å². The van der Waals surface area contributed by atoms with Gasteiger partial charge in [-0.2, -0.15) is 0 Å². The Bertz CT molecular complexity index is 692. The number of allylic oxidation sites excluding steroid dienone is 2. The van der Waals surface area contributed by atoms with Gasteiger partial charge >= 0.3 is 11.9 Å². The van der Waals surface area contributed by atoms with Gasteiger partial charge in [0.05, 0.1) is 32.1 Å². The van der Waals surface area contributed by atoms with Crippen molar-refractivity contribution >= 4 is 17.9 Å². The van der Waals surface area contributed by atoms with E-state index in [2.05, 4.69) is 19.1 Å². The minimum absolute atomic E-state index is 0.205. The monoisotopic (exact) mass is 609 g/mol. The number of carboxylic acid groups (broad SMARTS) is 3. The first-order valence-electron chi connectivity index (χ1n) is 17.8. The van der Waals surface area contributed by atoms with Gasteiger partial charge in [0.15, 0.2) is 0 Å². The molecule has 0 spiro atoms. The van der Waals surface area contributed by atoms with Crippen molar-refractivity contribution in [2.24, 2.45) is 17.8 Å². The molecule has 0 saturated heterocycles. The van der Waals surface area contributed by atoms with Gasteiger partial charge in [-0.3, -0.25) is 9.59 Å². The summed E-state index contributed by atoms with van der Waals surface area (Å²) < 4.78 is 0.205. The molecule has 3 atom stereocenters. The lowest BCUT2D eigenvalue weighted by atomic mass is 9.95. The molecule has 0 aromatic carbocycles. The molecule has 3 unspecified atom stereocenters. The van der Waals surface area contributed by atoms with Crippen molar-refractivity contribution in [3.63, 3.8) is 0 Å². The molecule has 7 nitrogen and oxygen atoms in total. The largest absolute Gasteiger partial charge is 0.550 e. The van der Waals surface area contributed by atoms with E-state index in [-0.39, 0.29) is 24.1 Å². The number of carbonyl (C=O) groups excluding carboxylic acids is 1. The number of hydrogen-bond donors (Lipinski definition) is 2. The SMILES string of the molecule is CCCCCCCCCCCCCC/C=C/CCCCC[N+](CC(CC)C(=O)[O-])(CC(CC)C(=O)O)CC(CC)C(=O)O. The average molecular weight is 610 g/mol. The predicted octanol–water partition coefficient (Wildman–Crippen LogP) is 8.01. The second-order valence-electron chi connectivity index (χ2n) is 12.9. The summed E-state index contributed by atoms with van der Waals surface area (Å²) in [6, 6.07) is 0. The first-order valence-corrected chi connectivity index (χ1v) is 17.8. The lowest BCUT2D eigenvalue weighted by Crippen LogP contribution is -2.59. The molecule has 0 aliphatic heterocycles. The summed E-state index contributed by atoms with van der Waals surface area (Å²) in [6.07, 6.45) is 27.0. The topological polar surface area (TPSA) is 115 Å². The van der Waals surface area contributed by atoms with Crippen molar-refractivity contribution in [1.29, 1.82) is 0 Å². The Morgan fingerprint density at radius 2 is 0.907 bits per heavy atom. The lowest BCUT2D eigenvalue weighted by molar-refractivity contribution is -0.935. The molecular weight excluding hydrogens is 542 g/mol. The highest BCUT2D eigenvalue weighted by Crippen LogP contribution is 2.25. The number of quaternary nitrogens is 1. The highest BCUT2D eigenvalue weighted by Gasteiger charge is 2.39. The van der Waals surface area contributed by atoms with Crippen LogP contribution in [0.25, 0.3) is 0 Å². The Labute approximate surface area is 264 Å². The molecule has 0 heterocycles. The Morgan fingerprint density at radius 1 is 0.558 bits per heavy atom. The molecule has 0 rings (SSSR count). The van der Waals surface area contributed by atoms with Crippen LogP contribution in [-0.2, 0) is 14.4 Å². The molecule has 0 saturated carbocycles. The number of unbranched alkanes of at least 4 members (excludes halogenated alkanes) is 15. The molecule has 0 aromatic rings. The van der Waals surface area contributed by atoms with E-state index < -0.39 is 35.7 Å². The van der Waals surface area contributed by atoms with Gasteiger partial charge in [0.1, 0.15) is 11.8 Å². The van der Waals surface area contributed by atoms with Crippen LogP contribution in [0.2, 0.25) is 0 Å². The van der Waals surface area contributed by atoms with Crippen LogP contribution in [0.15, 0.2) is 12.2 Å². The Balaban J connectivity index is 4.69. The zero-order valence-electron chi connectivity index (χ0n) is 28.3. The van der Waals surface area contributed by atoms with Crippen LogP contribution in [0.1, 0.15) is 156 Å². The van der Waals surface area contributed by atoms with Crippen LogP contribution in [0.5, 0.6) is 0 Å². The summed E-state index contributed by atoms with van der Waals surface area (Å²) in [4.78, 5) is 35.8. The van der Waals surface area contributed by atoms with Crippen LogP contribution >= 0.6 is 0 Å². The van der Waals surface area contributed by atoms with Crippen molar-refractivity contribution in [1.82, 2.24) is 0 Å². The summed E-state index contributed by atoms with van der Waals surface area (Å²) in [5.74, 6) is -4.99. The second-order valence-corrected chi connectivity index (χ2v) is 12.9. The zero-order valence-corrected chi connectivity index (χ0v) is 28.3. The number of nitrogens with zero attached hydrogens (tertiary/aromatic N) is 1. The molecule has 43 heavy (non-hydrogen) atoms. The summed E-state index contributed by atoms with van der Waals surface area (Å²) >= 11 is 0. The van der Waals surface area contributed by atoms with Crippen molar-refractivity contribution < 1.29 is 34.2 Å². The minimum atomic E-state index is -1.14. The number of carboxylic acids is 3. The van der Waals surface area contributed by atoms with E-state index in [0.717, 1.165) is 32.1 Å². The smallest absolute Gasteiger partial charge is 0.312 e. The normalized spacial score (nSPS) is 15.3. The molecule has 0 fully saturated rings. The van der Waals surface area contributed by atoms with Crippen LogP contribution in [0, 0.1) is 17.8 Å². The average Bonchev–Trinajstić information content (AvgIpc) is 2.98. The molecule has 0 aromatic heterocycles. The summed E-state index contributed by atoms with van der Waals surface area (Å²) in [5.41, 5.74) is 0. The second kappa shape index (κ2) is 26.5. The van der Waals surface area contributed by atoms with Crippen molar-refractivity contribution in [2.45, 2.75) is 156 Å². The quantitative estimate of drug-likeness (QED) is 0.0467. The molecule has 0 bridgehead atoms. The number of hydrogen-bond acceptors (Lipinski definition) is 4. The van der Waals surface area contributed by atoms with Gasteiger partial charge in [-0.05, 0) is 57.8 Å². The zero-order chi connectivity index (χ0) is 32.3. The third-order valence-electron chi connectivity index (χ3n) is 9.23. The third kappa shape index (κ3) is 20.7. The Hall–Kier alpha value is -1.89. The van der Waals surface area contributed by atoms with E-state index in [0.29, 0.717) is 25.8 Å². The van der Waals surface area contributed by atoms with Crippen molar-refractivity contribution in [3.8, 4) is 0 Å². The fraction of sp³-hybridized carbons (Fsp3) is 0.861. The van der Waals surface area contributed by atoms with Gasteiger partial charge in [-0.25, -0.2) is 0 Å².